The lowest BCUT2D eigenvalue weighted by Crippen LogP contribution is -2.00. The first-order valence-electron chi connectivity index (χ1n) is 18.3. The fourth-order valence-corrected chi connectivity index (χ4v) is 8.76. The van der Waals surface area contributed by atoms with Crippen molar-refractivity contribution in [1.82, 2.24) is 23.8 Å². The van der Waals surface area contributed by atoms with Crippen molar-refractivity contribution >= 4 is 76.2 Å². The molecule has 0 N–H and O–H groups in total. The number of rotatable bonds is 3. The molecule has 4 heterocycles. The van der Waals surface area contributed by atoms with Crippen molar-refractivity contribution in [2.75, 3.05) is 0 Å². The van der Waals surface area contributed by atoms with Crippen LogP contribution < -0.4 is 0 Å². The maximum atomic E-state index is 5.18. The summed E-state index contributed by atoms with van der Waals surface area (Å²) in [6.45, 7) is 0. The second kappa shape index (κ2) is 11.1. The third kappa shape index (κ3) is 4.06. The summed E-state index contributed by atoms with van der Waals surface area (Å²) >= 11 is 0. The lowest BCUT2D eigenvalue weighted by molar-refractivity contribution is 1.07. The van der Waals surface area contributed by atoms with E-state index in [9.17, 15) is 0 Å². The molecule has 0 unspecified atom stereocenters. The standard InChI is InChI=1S/C49H29N5/c1-3-15-30(16-4-1)47-50-48(31-17-5-2-6-18-31)52-49(51-47)33-27-38-35-21-9-12-24-40(35)53-42-26-14-11-23-37(42)44-34-20-8-7-19-32(34)29-43(46(44)53)54-41-25-13-10-22-36(41)39(28-33)45(38)54/h1-29H. The van der Waals surface area contributed by atoms with E-state index in [4.69, 9.17) is 15.0 Å². The molecule has 0 radical (unpaired) electrons. The van der Waals surface area contributed by atoms with Crippen LogP contribution in [0.5, 0.6) is 0 Å². The third-order valence-electron chi connectivity index (χ3n) is 11.0. The molecular weight excluding hydrogens is 659 g/mol. The van der Waals surface area contributed by atoms with Crippen LogP contribution in [0.4, 0.5) is 0 Å². The molecule has 0 aliphatic rings. The smallest absolute Gasteiger partial charge is 0.164 e. The van der Waals surface area contributed by atoms with Crippen LogP contribution in [0.25, 0.3) is 110 Å². The largest absolute Gasteiger partial charge is 0.307 e. The van der Waals surface area contributed by atoms with Gasteiger partial charge < -0.3 is 8.80 Å². The number of aromatic nitrogens is 5. The maximum absolute atomic E-state index is 5.18. The number of fused-ring (bicyclic) bond motifs is 12. The van der Waals surface area contributed by atoms with Gasteiger partial charge in [0.2, 0.25) is 0 Å². The number of para-hydroxylation sites is 3. The van der Waals surface area contributed by atoms with Gasteiger partial charge >= 0.3 is 0 Å². The van der Waals surface area contributed by atoms with Crippen molar-refractivity contribution in [1.29, 1.82) is 0 Å². The highest BCUT2D eigenvalue weighted by molar-refractivity contribution is 6.29. The number of hydrogen-bond acceptors (Lipinski definition) is 3. The Morgan fingerprint density at radius 1 is 0.296 bits per heavy atom. The van der Waals surface area contributed by atoms with Gasteiger partial charge in [0, 0.05) is 49.0 Å². The fourth-order valence-electron chi connectivity index (χ4n) is 8.76. The van der Waals surface area contributed by atoms with Crippen molar-refractivity contribution in [3.63, 3.8) is 0 Å². The highest BCUT2D eigenvalue weighted by Gasteiger charge is 2.22. The molecule has 0 bridgehead atoms. The predicted molar refractivity (Wildman–Crippen MR) is 223 cm³/mol. The Morgan fingerprint density at radius 3 is 1.30 bits per heavy atom. The average Bonchev–Trinajstić information content (AvgIpc) is 3.77. The van der Waals surface area contributed by atoms with Crippen LogP contribution in [-0.2, 0) is 0 Å². The monoisotopic (exact) mass is 687 g/mol. The van der Waals surface area contributed by atoms with E-state index in [1.165, 1.54) is 43.5 Å². The van der Waals surface area contributed by atoms with E-state index >= 15 is 0 Å². The minimum atomic E-state index is 0.637. The van der Waals surface area contributed by atoms with Crippen LogP contribution in [0.2, 0.25) is 0 Å². The van der Waals surface area contributed by atoms with Crippen molar-refractivity contribution in [3.05, 3.63) is 176 Å². The van der Waals surface area contributed by atoms with Crippen LogP contribution in [0.1, 0.15) is 0 Å². The summed E-state index contributed by atoms with van der Waals surface area (Å²) in [6.07, 6.45) is 0. The van der Waals surface area contributed by atoms with Gasteiger partial charge in [-0.3, -0.25) is 0 Å². The molecule has 0 aliphatic heterocycles. The van der Waals surface area contributed by atoms with E-state index in [1.54, 1.807) is 0 Å². The summed E-state index contributed by atoms with van der Waals surface area (Å²) in [5, 5.41) is 9.59. The first kappa shape index (κ1) is 29.2. The van der Waals surface area contributed by atoms with Gasteiger partial charge in [0.1, 0.15) is 0 Å². The molecule has 4 aromatic heterocycles. The molecular formula is C49H29N5. The summed E-state index contributed by atoms with van der Waals surface area (Å²) in [6, 6.07) is 62.6. The van der Waals surface area contributed by atoms with Gasteiger partial charge in [-0.25, -0.2) is 15.0 Å². The Balaban J connectivity index is 1.32. The zero-order valence-corrected chi connectivity index (χ0v) is 29.0. The minimum absolute atomic E-state index is 0.637. The van der Waals surface area contributed by atoms with Crippen LogP contribution in [-0.4, -0.2) is 23.8 Å². The molecule has 5 nitrogen and oxygen atoms in total. The quantitative estimate of drug-likeness (QED) is 0.186. The van der Waals surface area contributed by atoms with E-state index in [1.807, 2.05) is 36.4 Å². The Bertz CT molecular complexity index is 3430. The fraction of sp³-hybridized carbons (Fsp3) is 0. The lowest BCUT2D eigenvalue weighted by atomic mass is 10.0. The van der Waals surface area contributed by atoms with E-state index < -0.39 is 0 Å². The molecule has 54 heavy (non-hydrogen) atoms. The van der Waals surface area contributed by atoms with Gasteiger partial charge in [-0.1, -0.05) is 140 Å². The van der Waals surface area contributed by atoms with Gasteiger partial charge in [0.15, 0.2) is 17.5 Å². The molecule has 0 aliphatic carbocycles. The molecule has 250 valence electrons. The summed E-state index contributed by atoms with van der Waals surface area (Å²) in [5.74, 6) is 1.93. The summed E-state index contributed by atoms with van der Waals surface area (Å²) in [5.41, 5.74) is 9.85. The van der Waals surface area contributed by atoms with Gasteiger partial charge in [-0.05, 0) is 47.2 Å². The van der Waals surface area contributed by atoms with Crippen LogP contribution in [0.3, 0.4) is 0 Å². The van der Waals surface area contributed by atoms with Gasteiger partial charge in [0.05, 0.1) is 33.1 Å². The van der Waals surface area contributed by atoms with E-state index in [0.717, 1.165) is 49.4 Å². The zero-order valence-electron chi connectivity index (χ0n) is 29.0. The van der Waals surface area contributed by atoms with Crippen LogP contribution in [0, 0.1) is 0 Å². The summed E-state index contributed by atoms with van der Waals surface area (Å²) in [4.78, 5) is 15.4. The van der Waals surface area contributed by atoms with Crippen molar-refractivity contribution in [2.45, 2.75) is 0 Å². The predicted octanol–water partition coefficient (Wildman–Crippen LogP) is 12.3. The van der Waals surface area contributed by atoms with E-state index in [-0.39, 0.29) is 0 Å². The Hall–Kier alpha value is -7.37. The molecule has 0 fully saturated rings. The van der Waals surface area contributed by atoms with Gasteiger partial charge in [-0.15, -0.1) is 0 Å². The first-order chi connectivity index (χ1) is 26.8. The SMILES string of the molecule is c1ccc(-c2nc(-c3ccccc3)nc(-c3cc4c5ccccc5n5c6cc7ccccc7c7c8ccccc8n(c8ccccc8c(c3)c45)c76)n2)cc1. The third-order valence-corrected chi connectivity index (χ3v) is 11.0. The van der Waals surface area contributed by atoms with Gasteiger partial charge in [-0.2, -0.15) is 0 Å². The number of benzene rings is 8. The zero-order chi connectivity index (χ0) is 35.3. The normalized spacial score (nSPS) is 12.1. The van der Waals surface area contributed by atoms with Crippen molar-refractivity contribution < 1.29 is 0 Å². The minimum Gasteiger partial charge on any atom is -0.307 e. The number of nitrogens with zero attached hydrogens (tertiary/aromatic N) is 5. The first-order valence-corrected chi connectivity index (χ1v) is 18.3. The highest BCUT2D eigenvalue weighted by atomic mass is 15.0. The van der Waals surface area contributed by atoms with E-state index in [2.05, 4.69) is 148 Å². The van der Waals surface area contributed by atoms with Crippen molar-refractivity contribution in [2.24, 2.45) is 0 Å². The van der Waals surface area contributed by atoms with E-state index in [0.29, 0.717) is 17.5 Å². The second-order valence-corrected chi connectivity index (χ2v) is 14.0. The Labute approximate surface area is 309 Å². The topological polar surface area (TPSA) is 47.5 Å². The highest BCUT2D eigenvalue weighted by Crippen LogP contribution is 2.44. The lowest BCUT2D eigenvalue weighted by Gasteiger charge is -2.13. The molecule has 12 aromatic rings. The molecule has 0 saturated carbocycles. The molecule has 12 rings (SSSR count). The molecule has 0 saturated heterocycles. The number of hydrogen-bond donors (Lipinski definition) is 0. The van der Waals surface area contributed by atoms with Crippen molar-refractivity contribution in [3.8, 4) is 34.2 Å². The average molecular weight is 688 g/mol. The van der Waals surface area contributed by atoms with Gasteiger partial charge in [0.25, 0.3) is 0 Å². The summed E-state index contributed by atoms with van der Waals surface area (Å²) < 4.78 is 4.99. The molecule has 5 heteroatoms. The Kier molecular flexibility index (Phi) is 5.99. The maximum Gasteiger partial charge on any atom is 0.164 e. The molecule has 0 spiro atoms. The second-order valence-electron chi connectivity index (χ2n) is 14.0. The molecule has 8 aromatic carbocycles. The molecule has 0 atom stereocenters. The van der Waals surface area contributed by atoms with Crippen LogP contribution >= 0.6 is 0 Å². The summed E-state index contributed by atoms with van der Waals surface area (Å²) in [7, 11) is 0. The molecule has 0 amide bonds. The Morgan fingerprint density at radius 2 is 0.722 bits per heavy atom. The van der Waals surface area contributed by atoms with Crippen LogP contribution in [0.15, 0.2) is 176 Å².